The molecule has 1 spiro atoms. The fraction of sp³-hybridized carbons (Fsp3) is 0.933. The summed E-state index contributed by atoms with van der Waals surface area (Å²) in [4.78, 5) is 14.5. The van der Waals surface area contributed by atoms with Crippen molar-refractivity contribution in [2.75, 3.05) is 37.8 Å². The smallest absolute Gasteiger partial charge is 0.225 e. The number of nitrogens with zero attached hydrogens (tertiary/aromatic N) is 1. The molecule has 0 aliphatic carbocycles. The number of hydrogen-bond acceptors (Lipinski definition) is 4. The van der Waals surface area contributed by atoms with Gasteiger partial charge in [0, 0.05) is 25.6 Å². The average Bonchev–Trinajstić information content (AvgIpc) is 2.45. The number of thioether (sulfide) groups is 1. The highest BCUT2D eigenvalue weighted by atomic mass is 32.2. The lowest BCUT2D eigenvalue weighted by Gasteiger charge is -2.53. The number of likely N-dealkylation sites (tertiary alicyclic amines) is 1. The minimum absolute atomic E-state index is 0.100. The molecule has 3 saturated heterocycles. The van der Waals surface area contributed by atoms with Gasteiger partial charge in [-0.25, -0.2) is 0 Å². The maximum absolute atomic E-state index is 12.4. The Balaban J connectivity index is 1.50. The molecule has 0 aromatic rings. The van der Waals surface area contributed by atoms with Gasteiger partial charge in [-0.05, 0) is 37.7 Å². The van der Waals surface area contributed by atoms with E-state index in [1.165, 1.54) is 0 Å². The molecule has 20 heavy (non-hydrogen) atoms. The Morgan fingerprint density at radius 2 is 2.10 bits per heavy atom. The first kappa shape index (κ1) is 14.7. The SMILES string of the molecule is CCO[C@@H]1CCOC2(C1)CN(C(=O)C1CCSCC1)C2. The Kier molecular flexibility index (Phi) is 4.58. The van der Waals surface area contributed by atoms with Crippen molar-refractivity contribution >= 4 is 17.7 Å². The Hall–Kier alpha value is -0.260. The maximum atomic E-state index is 12.4. The van der Waals surface area contributed by atoms with E-state index in [4.69, 9.17) is 9.47 Å². The van der Waals surface area contributed by atoms with Crippen molar-refractivity contribution in [3.05, 3.63) is 0 Å². The first-order chi connectivity index (χ1) is 9.72. The molecule has 1 amide bonds. The number of ether oxygens (including phenoxy) is 2. The van der Waals surface area contributed by atoms with Gasteiger partial charge < -0.3 is 14.4 Å². The van der Waals surface area contributed by atoms with Gasteiger partial charge in [-0.15, -0.1) is 0 Å². The second kappa shape index (κ2) is 6.24. The van der Waals surface area contributed by atoms with Gasteiger partial charge in [-0.2, -0.15) is 11.8 Å². The lowest BCUT2D eigenvalue weighted by molar-refractivity contribution is -0.202. The second-order valence-electron chi connectivity index (χ2n) is 6.18. The van der Waals surface area contributed by atoms with E-state index in [1.807, 2.05) is 23.6 Å². The molecule has 3 aliphatic rings. The molecule has 0 aromatic carbocycles. The van der Waals surface area contributed by atoms with E-state index in [0.29, 0.717) is 12.0 Å². The molecule has 0 N–H and O–H groups in total. The number of amides is 1. The second-order valence-corrected chi connectivity index (χ2v) is 7.41. The number of carbonyl (C=O) groups excluding carboxylic acids is 1. The van der Waals surface area contributed by atoms with Gasteiger partial charge in [-0.1, -0.05) is 0 Å². The third-order valence-electron chi connectivity index (χ3n) is 4.69. The Morgan fingerprint density at radius 3 is 2.80 bits per heavy atom. The maximum Gasteiger partial charge on any atom is 0.225 e. The summed E-state index contributed by atoms with van der Waals surface area (Å²) >= 11 is 1.97. The van der Waals surface area contributed by atoms with E-state index < -0.39 is 0 Å². The monoisotopic (exact) mass is 299 g/mol. The van der Waals surface area contributed by atoms with Crippen molar-refractivity contribution in [3.63, 3.8) is 0 Å². The Bertz CT molecular complexity index is 349. The fourth-order valence-electron chi connectivity index (χ4n) is 3.59. The highest BCUT2D eigenvalue weighted by Gasteiger charge is 2.50. The van der Waals surface area contributed by atoms with Crippen molar-refractivity contribution in [3.8, 4) is 0 Å². The van der Waals surface area contributed by atoms with Gasteiger partial charge in [0.15, 0.2) is 0 Å². The van der Waals surface area contributed by atoms with Gasteiger partial charge in [0.25, 0.3) is 0 Å². The molecule has 3 aliphatic heterocycles. The third-order valence-corrected chi connectivity index (χ3v) is 5.74. The third kappa shape index (κ3) is 3.00. The minimum atomic E-state index is -0.100. The summed E-state index contributed by atoms with van der Waals surface area (Å²) in [6.45, 7) is 5.13. The number of rotatable bonds is 3. The quantitative estimate of drug-likeness (QED) is 0.798. The van der Waals surface area contributed by atoms with Crippen LogP contribution in [0.5, 0.6) is 0 Å². The molecule has 0 bridgehead atoms. The molecule has 114 valence electrons. The van der Waals surface area contributed by atoms with Gasteiger partial charge in [0.05, 0.1) is 19.2 Å². The van der Waals surface area contributed by atoms with Crippen LogP contribution in [0.3, 0.4) is 0 Å². The van der Waals surface area contributed by atoms with Crippen molar-refractivity contribution in [1.82, 2.24) is 4.90 Å². The molecule has 5 heteroatoms. The zero-order valence-corrected chi connectivity index (χ0v) is 13.1. The summed E-state index contributed by atoms with van der Waals surface area (Å²) < 4.78 is 11.7. The van der Waals surface area contributed by atoms with Crippen LogP contribution in [0.4, 0.5) is 0 Å². The predicted octanol–water partition coefficient (Wildman–Crippen LogP) is 1.93. The Morgan fingerprint density at radius 1 is 1.35 bits per heavy atom. The molecule has 0 radical (unpaired) electrons. The van der Waals surface area contributed by atoms with E-state index in [9.17, 15) is 4.79 Å². The highest BCUT2D eigenvalue weighted by Crippen LogP contribution is 2.37. The molecule has 1 atom stereocenters. The standard InChI is InChI=1S/C15H25NO3S/c1-2-18-13-3-6-19-15(9-13)10-16(11-15)14(17)12-4-7-20-8-5-12/h12-13H,2-11H2,1H3/t13-/m1/s1. The molecule has 0 saturated carbocycles. The van der Waals surface area contributed by atoms with Crippen molar-refractivity contribution in [1.29, 1.82) is 0 Å². The molecule has 0 aromatic heterocycles. The number of carbonyl (C=O) groups is 1. The van der Waals surface area contributed by atoms with Crippen LogP contribution in [0.1, 0.15) is 32.6 Å². The lowest BCUT2D eigenvalue weighted by atomic mass is 9.83. The van der Waals surface area contributed by atoms with E-state index in [2.05, 4.69) is 0 Å². The normalized spacial score (nSPS) is 30.2. The van der Waals surface area contributed by atoms with Crippen LogP contribution in [-0.4, -0.2) is 60.3 Å². The summed E-state index contributed by atoms with van der Waals surface area (Å²) in [5.74, 6) is 2.90. The summed E-state index contributed by atoms with van der Waals surface area (Å²) in [6, 6.07) is 0. The van der Waals surface area contributed by atoms with Gasteiger partial charge in [0.2, 0.25) is 5.91 Å². The van der Waals surface area contributed by atoms with E-state index >= 15 is 0 Å². The molecular weight excluding hydrogens is 274 g/mol. The summed E-state index contributed by atoms with van der Waals surface area (Å²) in [7, 11) is 0. The molecule has 3 fully saturated rings. The van der Waals surface area contributed by atoms with E-state index in [-0.39, 0.29) is 11.5 Å². The van der Waals surface area contributed by atoms with Crippen LogP contribution in [0.2, 0.25) is 0 Å². The minimum Gasteiger partial charge on any atom is -0.378 e. The van der Waals surface area contributed by atoms with Crippen LogP contribution in [0.25, 0.3) is 0 Å². The van der Waals surface area contributed by atoms with Crippen LogP contribution in [0.15, 0.2) is 0 Å². The zero-order valence-electron chi connectivity index (χ0n) is 12.3. The largest absolute Gasteiger partial charge is 0.378 e. The van der Waals surface area contributed by atoms with Crippen LogP contribution < -0.4 is 0 Å². The molecule has 3 heterocycles. The highest BCUT2D eigenvalue weighted by molar-refractivity contribution is 7.99. The van der Waals surface area contributed by atoms with Gasteiger partial charge in [0.1, 0.15) is 5.60 Å². The topological polar surface area (TPSA) is 38.8 Å². The van der Waals surface area contributed by atoms with Crippen molar-refractivity contribution in [2.24, 2.45) is 5.92 Å². The number of hydrogen-bond donors (Lipinski definition) is 0. The lowest BCUT2D eigenvalue weighted by Crippen LogP contribution is -2.68. The van der Waals surface area contributed by atoms with Crippen molar-refractivity contribution < 1.29 is 14.3 Å². The van der Waals surface area contributed by atoms with Gasteiger partial charge >= 0.3 is 0 Å². The predicted molar refractivity (Wildman–Crippen MR) is 80.0 cm³/mol. The van der Waals surface area contributed by atoms with E-state index in [0.717, 1.165) is 63.5 Å². The first-order valence-electron chi connectivity index (χ1n) is 7.84. The summed E-state index contributed by atoms with van der Waals surface area (Å²) in [6.07, 6.45) is 4.36. The summed E-state index contributed by atoms with van der Waals surface area (Å²) in [5.41, 5.74) is -0.100. The molecular formula is C15H25NO3S. The van der Waals surface area contributed by atoms with Crippen LogP contribution in [0, 0.1) is 5.92 Å². The molecule has 0 unspecified atom stereocenters. The summed E-state index contributed by atoms with van der Waals surface area (Å²) in [5, 5.41) is 0. The molecule has 4 nitrogen and oxygen atoms in total. The van der Waals surface area contributed by atoms with Crippen LogP contribution in [-0.2, 0) is 14.3 Å². The first-order valence-corrected chi connectivity index (χ1v) is 9.00. The van der Waals surface area contributed by atoms with Crippen molar-refractivity contribution in [2.45, 2.75) is 44.3 Å². The zero-order chi connectivity index (χ0) is 14.0. The van der Waals surface area contributed by atoms with E-state index in [1.54, 1.807) is 0 Å². The fourth-order valence-corrected chi connectivity index (χ4v) is 4.70. The van der Waals surface area contributed by atoms with Crippen LogP contribution >= 0.6 is 11.8 Å². The van der Waals surface area contributed by atoms with Gasteiger partial charge in [-0.3, -0.25) is 4.79 Å². The molecule has 3 rings (SSSR count). The Labute approximate surface area is 125 Å². The average molecular weight is 299 g/mol.